The molecule has 0 saturated heterocycles. The summed E-state index contributed by atoms with van der Waals surface area (Å²) in [6.07, 6.45) is 5.66. The zero-order valence-electron chi connectivity index (χ0n) is 8.51. The van der Waals surface area contributed by atoms with Gasteiger partial charge in [0, 0.05) is 12.0 Å². The van der Waals surface area contributed by atoms with Crippen LogP contribution in [0.15, 0.2) is 47.3 Å². The summed E-state index contributed by atoms with van der Waals surface area (Å²) in [7, 11) is 0. The molecule has 0 radical (unpaired) electrons. The number of hydrogen-bond acceptors (Lipinski definition) is 3. The predicted molar refractivity (Wildman–Crippen MR) is 60.8 cm³/mol. The summed E-state index contributed by atoms with van der Waals surface area (Å²) >= 11 is 0. The van der Waals surface area contributed by atoms with Gasteiger partial charge < -0.3 is 4.84 Å². The molecule has 1 aliphatic heterocycles. The Bertz CT molecular complexity index is 553. The van der Waals surface area contributed by atoms with Crippen LogP contribution in [0.3, 0.4) is 0 Å². The molecule has 3 heteroatoms. The molecule has 3 rings (SSSR count). The lowest BCUT2D eigenvalue weighted by atomic mass is 9.92. The first-order valence-electron chi connectivity index (χ1n) is 5.10. The third-order valence-corrected chi connectivity index (χ3v) is 2.67. The van der Waals surface area contributed by atoms with E-state index in [4.69, 9.17) is 4.84 Å². The molecule has 2 aliphatic rings. The van der Waals surface area contributed by atoms with Crippen molar-refractivity contribution in [3.8, 4) is 0 Å². The van der Waals surface area contributed by atoms with Gasteiger partial charge >= 0.3 is 0 Å². The lowest BCUT2D eigenvalue weighted by Crippen LogP contribution is -2.08. The molecule has 1 aliphatic carbocycles. The van der Waals surface area contributed by atoms with Crippen molar-refractivity contribution in [3.63, 3.8) is 0 Å². The Morgan fingerprint density at radius 1 is 1.25 bits per heavy atom. The number of oxime groups is 1. The maximum absolute atomic E-state index is 11.9. The average Bonchev–Trinajstić information content (AvgIpc) is 2.49. The number of nitrogens with zero attached hydrogens (tertiary/aromatic N) is 1. The first-order chi connectivity index (χ1) is 7.86. The molecule has 1 aromatic carbocycles. The van der Waals surface area contributed by atoms with Crippen molar-refractivity contribution in [2.45, 2.75) is 6.42 Å². The Labute approximate surface area is 92.7 Å². The summed E-state index contributed by atoms with van der Waals surface area (Å²) in [6.45, 7) is 0. The second-order valence-corrected chi connectivity index (χ2v) is 3.68. The van der Waals surface area contributed by atoms with Crippen molar-refractivity contribution < 1.29 is 9.63 Å². The molecule has 0 N–H and O–H groups in total. The van der Waals surface area contributed by atoms with Crippen molar-refractivity contribution in [1.82, 2.24) is 0 Å². The van der Waals surface area contributed by atoms with E-state index in [0.29, 0.717) is 17.8 Å². The highest BCUT2D eigenvalue weighted by Gasteiger charge is 2.23. The molecule has 0 spiro atoms. The Hall–Kier alpha value is -2.16. The zero-order valence-corrected chi connectivity index (χ0v) is 8.51. The van der Waals surface area contributed by atoms with Crippen molar-refractivity contribution in [2.75, 3.05) is 0 Å². The minimum absolute atomic E-state index is 0.0791. The molecule has 0 unspecified atom stereocenters. The number of rotatable bonds is 0. The molecule has 0 amide bonds. The van der Waals surface area contributed by atoms with Gasteiger partial charge in [-0.05, 0) is 11.6 Å². The highest BCUT2D eigenvalue weighted by atomic mass is 16.6. The molecule has 0 fully saturated rings. The molecule has 78 valence electrons. The second-order valence-electron chi connectivity index (χ2n) is 3.68. The van der Waals surface area contributed by atoms with Crippen LogP contribution >= 0.6 is 0 Å². The van der Waals surface area contributed by atoms with Gasteiger partial charge in [-0.2, -0.15) is 0 Å². The minimum atomic E-state index is 0.0791. The monoisotopic (exact) mass is 211 g/mol. The van der Waals surface area contributed by atoms with Crippen LogP contribution in [0.1, 0.15) is 17.5 Å². The van der Waals surface area contributed by atoms with E-state index in [1.54, 1.807) is 18.4 Å². The number of benzene rings is 1. The average molecular weight is 211 g/mol. The zero-order chi connectivity index (χ0) is 11.0. The lowest BCUT2D eigenvalue weighted by molar-refractivity contribution is -0.113. The number of ketones is 1. The van der Waals surface area contributed by atoms with Crippen LogP contribution < -0.4 is 0 Å². The van der Waals surface area contributed by atoms with Crippen LogP contribution in [0.25, 0.3) is 5.57 Å². The molecule has 16 heavy (non-hydrogen) atoms. The largest absolute Gasteiger partial charge is 0.356 e. The van der Waals surface area contributed by atoms with E-state index in [-0.39, 0.29) is 5.78 Å². The first kappa shape index (κ1) is 9.09. The third-order valence-electron chi connectivity index (χ3n) is 2.67. The highest BCUT2D eigenvalue weighted by molar-refractivity contribution is 6.24. The number of fused-ring (bicyclic) bond motifs is 2. The Kier molecular flexibility index (Phi) is 1.96. The van der Waals surface area contributed by atoms with Crippen LogP contribution in [0.5, 0.6) is 0 Å². The number of carbonyl (C=O) groups excluding carboxylic acids is 1. The smallest absolute Gasteiger partial charge is 0.171 e. The molecule has 0 saturated carbocycles. The van der Waals surface area contributed by atoms with Crippen LogP contribution in [-0.4, -0.2) is 12.0 Å². The summed E-state index contributed by atoms with van der Waals surface area (Å²) in [6, 6.07) is 7.67. The number of carbonyl (C=O) groups is 1. The summed E-state index contributed by atoms with van der Waals surface area (Å²) < 4.78 is 0. The van der Waals surface area contributed by atoms with E-state index in [9.17, 15) is 4.79 Å². The predicted octanol–water partition coefficient (Wildman–Crippen LogP) is 2.29. The minimum Gasteiger partial charge on any atom is -0.356 e. The third kappa shape index (κ3) is 1.29. The number of allylic oxidation sites excluding steroid dienone is 3. The van der Waals surface area contributed by atoms with Gasteiger partial charge in [0.05, 0.1) is 11.8 Å². The quantitative estimate of drug-likeness (QED) is 0.660. The summed E-state index contributed by atoms with van der Waals surface area (Å²) in [5.74, 6) is 0.618. The molecular formula is C13H9NO2. The molecule has 0 atom stereocenters. The number of Topliss-reactive ketones (excluding diaryl/α,β-unsaturated/α-hetero) is 1. The van der Waals surface area contributed by atoms with E-state index < -0.39 is 0 Å². The van der Waals surface area contributed by atoms with Crippen molar-refractivity contribution in [2.24, 2.45) is 5.16 Å². The van der Waals surface area contributed by atoms with Gasteiger partial charge in [0.2, 0.25) is 0 Å². The van der Waals surface area contributed by atoms with Gasteiger partial charge in [-0.25, -0.2) is 0 Å². The molecule has 3 nitrogen and oxygen atoms in total. The molecule has 0 aromatic heterocycles. The van der Waals surface area contributed by atoms with Crippen molar-refractivity contribution >= 4 is 17.6 Å². The van der Waals surface area contributed by atoms with Gasteiger partial charge in [0.25, 0.3) is 0 Å². The van der Waals surface area contributed by atoms with E-state index in [1.807, 2.05) is 24.3 Å². The van der Waals surface area contributed by atoms with Gasteiger partial charge in [0.1, 0.15) is 0 Å². The Balaban J connectivity index is 2.29. The molecular weight excluding hydrogens is 202 g/mol. The van der Waals surface area contributed by atoms with Gasteiger partial charge in [-0.15, -0.1) is 0 Å². The molecule has 1 aromatic rings. The van der Waals surface area contributed by atoms with Crippen LogP contribution in [-0.2, 0) is 9.63 Å². The van der Waals surface area contributed by atoms with Crippen LogP contribution in [0.4, 0.5) is 0 Å². The van der Waals surface area contributed by atoms with Crippen molar-refractivity contribution in [1.29, 1.82) is 0 Å². The fraction of sp³-hybridized carbons (Fsp3) is 0.0769. The summed E-state index contributed by atoms with van der Waals surface area (Å²) in [5, 5.41) is 3.84. The van der Waals surface area contributed by atoms with Crippen LogP contribution in [0, 0.1) is 0 Å². The van der Waals surface area contributed by atoms with Gasteiger partial charge in [-0.1, -0.05) is 35.5 Å². The van der Waals surface area contributed by atoms with Crippen molar-refractivity contribution in [3.05, 3.63) is 53.3 Å². The van der Waals surface area contributed by atoms with E-state index >= 15 is 0 Å². The van der Waals surface area contributed by atoms with Crippen LogP contribution in [0.2, 0.25) is 0 Å². The lowest BCUT2D eigenvalue weighted by Gasteiger charge is -2.12. The second kappa shape index (κ2) is 3.45. The SMILES string of the molecule is O=C1CC=CC2=C1c1ccccc1C=NO2. The normalized spacial score (nSPS) is 17.6. The Morgan fingerprint density at radius 3 is 3.06 bits per heavy atom. The molecule has 0 bridgehead atoms. The highest BCUT2D eigenvalue weighted by Crippen LogP contribution is 2.30. The van der Waals surface area contributed by atoms with E-state index in [1.165, 1.54) is 0 Å². The summed E-state index contributed by atoms with van der Waals surface area (Å²) in [4.78, 5) is 17.1. The fourth-order valence-corrected chi connectivity index (χ4v) is 1.93. The molecule has 1 heterocycles. The van der Waals surface area contributed by atoms with Gasteiger partial charge in [-0.3, -0.25) is 4.79 Å². The van der Waals surface area contributed by atoms with E-state index in [2.05, 4.69) is 5.16 Å². The first-order valence-corrected chi connectivity index (χ1v) is 5.10. The fourth-order valence-electron chi connectivity index (χ4n) is 1.93. The van der Waals surface area contributed by atoms with Gasteiger partial charge in [0.15, 0.2) is 11.5 Å². The summed E-state index contributed by atoms with van der Waals surface area (Å²) in [5.41, 5.74) is 2.44. The maximum Gasteiger partial charge on any atom is 0.171 e. The maximum atomic E-state index is 11.9. The number of hydrogen-bond donors (Lipinski definition) is 0. The standard InChI is InChI=1S/C13H9NO2/c15-11-6-3-7-12-13(11)10-5-2-1-4-9(10)8-14-16-12/h1-5,7-8H,6H2. The van der Waals surface area contributed by atoms with E-state index in [0.717, 1.165) is 11.1 Å². The Morgan fingerprint density at radius 2 is 2.12 bits per heavy atom. The topological polar surface area (TPSA) is 38.7 Å².